The van der Waals surface area contributed by atoms with Crippen LogP contribution in [0.5, 0.6) is 0 Å². The second kappa shape index (κ2) is 5.24. The van der Waals surface area contributed by atoms with E-state index in [0.717, 1.165) is 9.60 Å². The zero-order valence-electron chi connectivity index (χ0n) is 8.55. The molecule has 5 nitrogen and oxygen atoms in total. The summed E-state index contributed by atoms with van der Waals surface area (Å²) in [5.74, 6) is -0.332. The molecule has 2 N–H and O–H groups in total. The molecule has 2 aromatic heterocycles. The highest BCUT2D eigenvalue weighted by molar-refractivity contribution is 9.10. The molecule has 0 aliphatic rings. The van der Waals surface area contributed by atoms with Gasteiger partial charge in [0.2, 0.25) is 0 Å². The molecular weight excluding hydrogens is 306 g/mol. The lowest BCUT2D eigenvalue weighted by molar-refractivity contribution is -0.136. The van der Waals surface area contributed by atoms with Gasteiger partial charge >= 0.3 is 5.97 Å². The standard InChI is InChI=1S/C10H8BrN3O2S/c11-6-3-7(5-9(15)16)13-8(4-6)14-10-12-1-2-17-10/h1-4H,5H2,(H,15,16)(H,12,13,14). The maximum absolute atomic E-state index is 10.6. The van der Waals surface area contributed by atoms with Crippen LogP contribution in [0.2, 0.25) is 0 Å². The van der Waals surface area contributed by atoms with Crippen molar-refractivity contribution in [3.8, 4) is 0 Å². The highest BCUT2D eigenvalue weighted by Crippen LogP contribution is 2.21. The topological polar surface area (TPSA) is 75.1 Å². The average molecular weight is 314 g/mol. The summed E-state index contributed by atoms with van der Waals surface area (Å²) in [5.41, 5.74) is 0.492. The van der Waals surface area contributed by atoms with Gasteiger partial charge in [0.05, 0.1) is 12.1 Å². The van der Waals surface area contributed by atoms with E-state index in [1.165, 1.54) is 11.3 Å². The number of thiazole rings is 1. The molecule has 88 valence electrons. The quantitative estimate of drug-likeness (QED) is 0.907. The summed E-state index contributed by atoms with van der Waals surface area (Å²) < 4.78 is 0.780. The van der Waals surface area contributed by atoms with Crippen LogP contribution in [0, 0.1) is 0 Å². The van der Waals surface area contributed by atoms with E-state index in [1.807, 2.05) is 5.38 Å². The molecule has 0 aliphatic heterocycles. The molecule has 0 fully saturated rings. The highest BCUT2D eigenvalue weighted by Gasteiger charge is 2.06. The van der Waals surface area contributed by atoms with E-state index in [1.54, 1.807) is 18.3 Å². The normalized spacial score (nSPS) is 10.2. The van der Waals surface area contributed by atoms with Crippen molar-refractivity contribution in [1.29, 1.82) is 0 Å². The second-order valence-electron chi connectivity index (χ2n) is 3.19. The average Bonchev–Trinajstić information content (AvgIpc) is 2.67. The van der Waals surface area contributed by atoms with Crippen molar-refractivity contribution in [3.63, 3.8) is 0 Å². The van der Waals surface area contributed by atoms with Gasteiger partial charge in [0.15, 0.2) is 5.13 Å². The Balaban J connectivity index is 2.22. The van der Waals surface area contributed by atoms with Crippen LogP contribution >= 0.6 is 27.3 Å². The van der Waals surface area contributed by atoms with E-state index >= 15 is 0 Å². The first kappa shape index (κ1) is 12.0. The zero-order valence-corrected chi connectivity index (χ0v) is 11.0. The third-order valence-electron chi connectivity index (χ3n) is 1.84. The van der Waals surface area contributed by atoms with Gasteiger partial charge in [-0.25, -0.2) is 9.97 Å². The first-order valence-corrected chi connectivity index (χ1v) is 6.35. The predicted molar refractivity (Wildman–Crippen MR) is 68.7 cm³/mol. The van der Waals surface area contributed by atoms with Crippen molar-refractivity contribution in [3.05, 3.63) is 33.9 Å². The van der Waals surface area contributed by atoms with Gasteiger partial charge in [0.1, 0.15) is 5.82 Å². The Morgan fingerprint density at radius 1 is 1.53 bits per heavy atom. The third-order valence-corrected chi connectivity index (χ3v) is 2.99. The maximum atomic E-state index is 10.6. The van der Waals surface area contributed by atoms with Crippen molar-refractivity contribution in [2.45, 2.75) is 6.42 Å². The Hall–Kier alpha value is -1.47. The summed E-state index contributed by atoms with van der Waals surface area (Å²) in [7, 11) is 0. The minimum absolute atomic E-state index is 0.105. The van der Waals surface area contributed by atoms with Gasteiger partial charge in [-0.05, 0) is 12.1 Å². The molecular formula is C10H8BrN3O2S. The Labute approximate surface area is 110 Å². The minimum atomic E-state index is -0.907. The number of hydrogen-bond donors (Lipinski definition) is 2. The van der Waals surface area contributed by atoms with Gasteiger partial charge in [-0.2, -0.15) is 0 Å². The van der Waals surface area contributed by atoms with E-state index in [9.17, 15) is 4.79 Å². The van der Waals surface area contributed by atoms with Crippen LogP contribution in [0.3, 0.4) is 0 Å². The molecule has 0 radical (unpaired) electrons. The number of halogens is 1. The van der Waals surface area contributed by atoms with Crippen LogP contribution in [-0.2, 0) is 11.2 Å². The maximum Gasteiger partial charge on any atom is 0.309 e. The Morgan fingerprint density at radius 2 is 2.35 bits per heavy atom. The lowest BCUT2D eigenvalue weighted by Crippen LogP contribution is -2.04. The van der Waals surface area contributed by atoms with Gasteiger partial charge in [-0.1, -0.05) is 15.9 Å². The van der Waals surface area contributed by atoms with Gasteiger partial charge in [0.25, 0.3) is 0 Å². The smallest absolute Gasteiger partial charge is 0.309 e. The van der Waals surface area contributed by atoms with E-state index in [0.29, 0.717) is 11.5 Å². The SMILES string of the molecule is O=C(O)Cc1cc(Br)cc(Nc2nccs2)n1. The molecule has 0 aliphatic carbocycles. The molecule has 0 amide bonds. The van der Waals surface area contributed by atoms with Crippen LogP contribution < -0.4 is 5.32 Å². The molecule has 0 atom stereocenters. The Bertz CT molecular complexity index is 530. The van der Waals surface area contributed by atoms with Gasteiger partial charge in [0, 0.05) is 16.0 Å². The van der Waals surface area contributed by atoms with Gasteiger partial charge in [-0.15, -0.1) is 11.3 Å². The number of anilines is 2. The first-order chi connectivity index (χ1) is 8.13. The van der Waals surface area contributed by atoms with Crippen molar-refractivity contribution < 1.29 is 9.90 Å². The Kier molecular flexibility index (Phi) is 3.70. The molecule has 2 aromatic rings. The summed E-state index contributed by atoms with van der Waals surface area (Å²) >= 11 is 4.77. The number of carboxylic acid groups (broad SMARTS) is 1. The summed E-state index contributed by atoms with van der Waals surface area (Å²) in [6.45, 7) is 0. The number of pyridine rings is 1. The van der Waals surface area contributed by atoms with Crippen LogP contribution in [0.1, 0.15) is 5.69 Å². The molecule has 0 unspecified atom stereocenters. The molecule has 0 bridgehead atoms. The van der Waals surface area contributed by atoms with Crippen LogP contribution in [0.15, 0.2) is 28.2 Å². The van der Waals surface area contributed by atoms with Crippen LogP contribution in [0.4, 0.5) is 10.9 Å². The number of hydrogen-bond acceptors (Lipinski definition) is 5. The van der Waals surface area contributed by atoms with E-state index in [4.69, 9.17) is 5.11 Å². The number of nitrogens with one attached hydrogen (secondary N) is 1. The van der Waals surface area contributed by atoms with Gasteiger partial charge in [-0.3, -0.25) is 4.79 Å². The van der Waals surface area contributed by atoms with E-state index < -0.39 is 5.97 Å². The lowest BCUT2D eigenvalue weighted by atomic mass is 10.3. The first-order valence-electron chi connectivity index (χ1n) is 4.68. The summed E-state index contributed by atoms with van der Waals surface area (Å²) in [6.07, 6.45) is 1.58. The van der Waals surface area contributed by atoms with Crippen molar-refractivity contribution in [2.24, 2.45) is 0 Å². The number of carbonyl (C=O) groups is 1. The monoisotopic (exact) mass is 313 g/mol. The van der Waals surface area contributed by atoms with E-state index in [2.05, 4.69) is 31.2 Å². The fourth-order valence-corrected chi connectivity index (χ4v) is 2.27. The molecule has 7 heteroatoms. The fourth-order valence-electron chi connectivity index (χ4n) is 1.25. The van der Waals surface area contributed by atoms with Crippen molar-refractivity contribution >= 4 is 44.2 Å². The minimum Gasteiger partial charge on any atom is -0.481 e. The van der Waals surface area contributed by atoms with E-state index in [-0.39, 0.29) is 6.42 Å². The fraction of sp³-hybridized carbons (Fsp3) is 0.100. The summed E-state index contributed by atoms with van der Waals surface area (Å²) in [4.78, 5) is 18.9. The highest BCUT2D eigenvalue weighted by atomic mass is 79.9. The lowest BCUT2D eigenvalue weighted by Gasteiger charge is -2.05. The summed E-state index contributed by atoms with van der Waals surface area (Å²) in [5, 5.41) is 14.3. The number of rotatable bonds is 4. The second-order valence-corrected chi connectivity index (χ2v) is 5.00. The number of nitrogens with zero attached hydrogens (tertiary/aromatic N) is 2. The largest absolute Gasteiger partial charge is 0.481 e. The predicted octanol–water partition coefficient (Wildman–Crippen LogP) is 2.67. The number of aliphatic carboxylic acids is 1. The Morgan fingerprint density at radius 3 is 3.00 bits per heavy atom. The molecule has 0 spiro atoms. The van der Waals surface area contributed by atoms with Gasteiger partial charge < -0.3 is 10.4 Å². The third kappa shape index (κ3) is 3.50. The van der Waals surface area contributed by atoms with Crippen LogP contribution in [-0.4, -0.2) is 21.0 Å². The molecule has 2 heterocycles. The van der Waals surface area contributed by atoms with Crippen molar-refractivity contribution in [2.75, 3.05) is 5.32 Å². The molecule has 0 aromatic carbocycles. The van der Waals surface area contributed by atoms with Crippen LogP contribution in [0.25, 0.3) is 0 Å². The summed E-state index contributed by atoms with van der Waals surface area (Å²) in [6, 6.07) is 3.45. The molecule has 2 rings (SSSR count). The number of carboxylic acids is 1. The van der Waals surface area contributed by atoms with Crippen molar-refractivity contribution in [1.82, 2.24) is 9.97 Å². The number of aromatic nitrogens is 2. The molecule has 0 saturated carbocycles. The molecule has 0 saturated heterocycles. The molecule has 17 heavy (non-hydrogen) atoms. The zero-order chi connectivity index (χ0) is 12.3.